The number of nitrogens with one attached hydrogen (secondary N) is 1. The molecule has 0 saturated carbocycles. The molecule has 1 amide bonds. The van der Waals surface area contributed by atoms with Gasteiger partial charge in [0.25, 0.3) is 5.91 Å². The highest BCUT2D eigenvalue weighted by molar-refractivity contribution is 7.22. The highest BCUT2D eigenvalue weighted by atomic mass is 32.1. The number of carbonyl (C=O) groups is 1. The summed E-state index contributed by atoms with van der Waals surface area (Å²) in [6.07, 6.45) is -4.43. The normalized spacial score (nSPS) is 11.7. The van der Waals surface area contributed by atoms with Crippen LogP contribution in [0.5, 0.6) is 0 Å². The quantitative estimate of drug-likeness (QED) is 0.436. The van der Waals surface area contributed by atoms with Crippen LogP contribution in [-0.2, 0) is 6.18 Å². The molecule has 2 aromatic carbocycles. The summed E-state index contributed by atoms with van der Waals surface area (Å²) in [5.74, 6) is -0.464. The molecule has 0 unspecified atom stereocenters. The zero-order valence-corrected chi connectivity index (χ0v) is 15.2. The lowest BCUT2D eigenvalue weighted by Crippen LogP contribution is -2.12. The van der Waals surface area contributed by atoms with Crippen LogP contribution in [0, 0.1) is 0 Å². The number of nitrogens with zero attached hydrogens (tertiary/aromatic N) is 1. The summed E-state index contributed by atoms with van der Waals surface area (Å²) in [4.78, 5) is 17.0. The first kappa shape index (κ1) is 17.7. The van der Waals surface area contributed by atoms with Crippen molar-refractivity contribution < 1.29 is 18.0 Å². The molecule has 0 saturated heterocycles. The van der Waals surface area contributed by atoms with E-state index in [1.54, 1.807) is 0 Å². The molecule has 3 nitrogen and oxygen atoms in total. The molecule has 0 atom stereocenters. The van der Waals surface area contributed by atoms with Crippen LogP contribution in [-0.4, -0.2) is 10.9 Å². The maximum Gasteiger partial charge on any atom is 0.416 e. The number of benzene rings is 2. The Labute approximate surface area is 160 Å². The van der Waals surface area contributed by atoms with Gasteiger partial charge in [0.05, 0.1) is 15.8 Å². The van der Waals surface area contributed by atoms with E-state index in [1.807, 2.05) is 35.7 Å². The molecule has 0 bridgehead atoms. The third-order valence-electron chi connectivity index (χ3n) is 3.89. The minimum absolute atomic E-state index is 0.159. The second-order valence-electron chi connectivity index (χ2n) is 5.68. The molecule has 4 rings (SSSR count). The van der Waals surface area contributed by atoms with Crippen molar-refractivity contribution in [1.82, 2.24) is 4.98 Å². The molecule has 0 radical (unpaired) electrons. The van der Waals surface area contributed by atoms with Gasteiger partial charge in [-0.25, -0.2) is 4.98 Å². The molecule has 1 N–H and O–H groups in total. The first-order valence-corrected chi connectivity index (χ1v) is 9.53. The zero-order valence-electron chi connectivity index (χ0n) is 13.6. The monoisotopic (exact) mass is 404 g/mol. The Hall–Kier alpha value is -2.71. The van der Waals surface area contributed by atoms with Gasteiger partial charge in [-0.1, -0.05) is 12.1 Å². The van der Waals surface area contributed by atoms with E-state index < -0.39 is 17.6 Å². The molecule has 0 aliphatic rings. The summed E-state index contributed by atoms with van der Waals surface area (Å²) in [6.45, 7) is 0. The first-order valence-electron chi connectivity index (χ1n) is 7.84. The zero-order chi connectivity index (χ0) is 19.0. The van der Waals surface area contributed by atoms with Crippen molar-refractivity contribution in [2.24, 2.45) is 0 Å². The number of halogens is 3. The minimum atomic E-state index is -4.43. The van der Waals surface area contributed by atoms with Gasteiger partial charge in [-0.2, -0.15) is 13.2 Å². The van der Waals surface area contributed by atoms with Gasteiger partial charge in [0.15, 0.2) is 0 Å². The third kappa shape index (κ3) is 3.58. The summed E-state index contributed by atoms with van der Waals surface area (Å²) in [6, 6.07) is 13.7. The number of amides is 1. The van der Waals surface area contributed by atoms with Crippen molar-refractivity contribution in [3.63, 3.8) is 0 Å². The molecule has 0 aliphatic heterocycles. The largest absolute Gasteiger partial charge is 0.416 e. The van der Waals surface area contributed by atoms with Crippen LogP contribution in [0.2, 0.25) is 0 Å². The highest BCUT2D eigenvalue weighted by Gasteiger charge is 2.30. The predicted octanol–water partition coefficient (Wildman–Crippen LogP) is 6.30. The summed E-state index contributed by atoms with van der Waals surface area (Å²) < 4.78 is 39.0. The number of fused-ring (bicyclic) bond motifs is 1. The Morgan fingerprint density at radius 2 is 1.74 bits per heavy atom. The van der Waals surface area contributed by atoms with Crippen LogP contribution in [0.1, 0.15) is 15.9 Å². The Balaban J connectivity index is 1.59. The van der Waals surface area contributed by atoms with Crippen LogP contribution in [0.15, 0.2) is 60.0 Å². The molecular weight excluding hydrogens is 393 g/mol. The van der Waals surface area contributed by atoms with Crippen LogP contribution in [0.4, 0.5) is 18.2 Å². The van der Waals surface area contributed by atoms with Crippen LogP contribution >= 0.6 is 22.7 Å². The Bertz CT molecular complexity index is 1080. The molecule has 2 heterocycles. The maximum atomic E-state index is 12.6. The molecule has 136 valence electrons. The van der Waals surface area contributed by atoms with E-state index in [0.717, 1.165) is 32.9 Å². The molecule has 27 heavy (non-hydrogen) atoms. The number of rotatable bonds is 3. The smallest absolute Gasteiger partial charge is 0.313 e. The lowest BCUT2D eigenvalue weighted by Gasteiger charge is -2.08. The minimum Gasteiger partial charge on any atom is -0.313 e. The Morgan fingerprint density at radius 3 is 2.44 bits per heavy atom. The second kappa shape index (κ2) is 6.79. The lowest BCUT2D eigenvalue weighted by molar-refractivity contribution is -0.137. The van der Waals surface area contributed by atoms with Crippen molar-refractivity contribution >= 4 is 43.8 Å². The summed E-state index contributed by atoms with van der Waals surface area (Å²) in [5.41, 5.74) is 1.04. The average molecular weight is 404 g/mol. The van der Waals surface area contributed by atoms with Gasteiger partial charge in [-0.05, 0) is 47.8 Å². The van der Waals surface area contributed by atoms with E-state index in [9.17, 15) is 18.0 Å². The average Bonchev–Trinajstić information content (AvgIpc) is 3.27. The van der Waals surface area contributed by atoms with E-state index in [4.69, 9.17) is 0 Å². The SMILES string of the molecule is O=C(Nc1sccc1-c1nc2ccccc2s1)c1ccc(C(F)(F)F)cc1. The molecule has 0 fully saturated rings. The number of hydrogen-bond donors (Lipinski definition) is 1. The molecule has 0 spiro atoms. The number of para-hydroxylation sites is 1. The van der Waals surface area contributed by atoms with Crippen LogP contribution in [0.25, 0.3) is 20.8 Å². The molecule has 4 aromatic rings. The fourth-order valence-electron chi connectivity index (χ4n) is 2.55. The van der Waals surface area contributed by atoms with Crippen molar-refractivity contribution in [2.45, 2.75) is 6.18 Å². The van der Waals surface area contributed by atoms with Gasteiger partial charge in [0.1, 0.15) is 10.0 Å². The molecule has 0 aliphatic carbocycles. The van der Waals surface area contributed by atoms with Gasteiger partial charge >= 0.3 is 6.18 Å². The van der Waals surface area contributed by atoms with Crippen LogP contribution in [0.3, 0.4) is 0 Å². The Kier molecular flexibility index (Phi) is 4.45. The van der Waals surface area contributed by atoms with Gasteiger partial charge in [0, 0.05) is 11.1 Å². The van der Waals surface area contributed by atoms with Gasteiger partial charge in [0.2, 0.25) is 0 Å². The van der Waals surface area contributed by atoms with Crippen molar-refractivity contribution in [1.29, 1.82) is 0 Å². The fraction of sp³-hybridized carbons (Fsp3) is 0.0526. The topological polar surface area (TPSA) is 42.0 Å². The molecular formula is C19H11F3N2OS2. The summed E-state index contributed by atoms with van der Waals surface area (Å²) in [7, 11) is 0. The summed E-state index contributed by atoms with van der Waals surface area (Å²) >= 11 is 2.86. The first-order chi connectivity index (χ1) is 12.9. The standard InChI is InChI=1S/C19H11F3N2OS2/c20-19(21,22)12-7-5-11(6-8-12)16(25)24-17-13(9-10-26-17)18-23-14-3-1-2-4-15(14)27-18/h1-10H,(H,24,25). The maximum absolute atomic E-state index is 12.6. The highest BCUT2D eigenvalue weighted by Crippen LogP contribution is 2.38. The van der Waals surface area contributed by atoms with E-state index in [2.05, 4.69) is 10.3 Å². The number of hydrogen-bond acceptors (Lipinski definition) is 4. The van der Waals surface area contributed by atoms with E-state index in [0.29, 0.717) is 5.00 Å². The predicted molar refractivity (Wildman–Crippen MR) is 102 cm³/mol. The number of carbonyl (C=O) groups excluding carboxylic acids is 1. The molecule has 2 aromatic heterocycles. The van der Waals surface area contributed by atoms with Crippen molar-refractivity contribution in [3.05, 3.63) is 71.1 Å². The lowest BCUT2D eigenvalue weighted by atomic mass is 10.1. The number of thiophene rings is 1. The van der Waals surface area contributed by atoms with Gasteiger partial charge in [-0.3, -0.25) is 4.79 Å². The fourth-order valence-corrected chi connectivity index (χ4v) is 4.39. The number of aromatic nitrogens is 1. The van der Waals surface area contributed by atoms with E-state index >= 15 is 0 Å². The van der Waals surface area contributed by atoms with E-state index in [1.165, 1.54) is 34.8 Å². The Morgan fingerprint density at radius 1 is 1.00 bits per heavy atom. The van der Waals surface area contributed by atoms with Crippen molar-refractivity contribution in [2.75, 3.05) is 5.32 Å². The molecule has 8 heteroatoms. The van der Waals surface area contributed by atoms with Gasteiger partial charge in [-0.15, -0.1) is 22.7 Å². The van der Waals surface area contributed by atoms with E-state index in [-0.39, 0.29) is 5.56 Å². The second-order valence-corrected chi connectivity index (χ2v) is 7.63. The third-order valence-corrected chi connectivity index (χ3v) is 5.79. The van der Waals surface area contributed by atoms with Gasteiger partial charge < -0.3 is 5.32 Å². The number of alkyl halides is 3. The number of thiazole rings is 1. The number of anilines is 1. The summed E-state index contributed by atoms with van der Waals surface area (Å²) in [5, 5.41) is 6.00. The van der Waals surface area contributed by atoms with Crippen molar-refractivity contribution in [3.8, 4) is 10.6 Å². The van der Waals surface area contributed by atoms with Crippen LogP contribution < -0.4 is 5.32 Å².